The fraction of sp³-hybridized carbons (Fsp3) is 0.154. The summed E-state index contributed by atoms with van der Waals surface area (Å²) in [7, 11) is 1.80. The molecule has 0 radical (unpaired) electrons. The highest BCUT2D eigenvalue weighted by Gasteiger charge is 2.31. The molecule has 3 aromatic rings. The maximum Gasteiger partial charge on any atom is 0.417 e. The second-order valence-electron chi connectivity index (χ2n) is 4.17. The molecule has 5 heteroatoms. The number of aryl methyl sites for hydroxylation is 1. The fourth-order valence-electron chi connectivity index (χ4n) is 2.19. The van der Waals surface area contributed by atoms with Gasteiger partial charge in [-0.05, 0) is 12.1 Å². The Morgan fingerprint density at radius 3 is 2.56 bits per heavy atom. The van der Waals surface area contributed by atoms with Gasteiger partial charge < -0.3 is 4.57 Å². The lowest BCUT2D eigenvalue weighted by Gasteiger charge is -2.05. The van der Waals surface area contributed by atoms with Gasteiger partial charge in [0.05, 0.1) is 11.1 Å². The molecule has 0 fully saturated rings. The van der Waals surface area contributed by atoms with Gasteiger partial charge in [-0.2, -0.15) is 13.2 Å². The van der Waals surface area contributed by atoms with Crippen LogP contribution in [-0.4, -0.2) is 9.55 Å². The third-order valence-corrected chi connectivity index (χ3v) is 3.07. The van der Waals surface area contributed by atoms with E-state index in [9.17, 15) is 13.2 Å². The van der Waals surface area contributed by atoms with E-state index in [-0.39, 0.29) is 0 Å². The van der Waals surface area contributed by atoms with E-state index in [4.69, 9.17) is 0 Å². The van der Waals surface area contributed by atoms with Gasteiger partial charge in [0.2, 0.25) is 0 Å². The minimum atomic E-state index is -4.36. The molecular weight excluding hydrogens is 241 g/mol. The number of hydrogen-bond donors (Lipinski definition) is 0. The van der Waals surface area contributed by atoms with E-state index in [1.54, 1.807) is 17.7 Å². The van der Waals surface area contributed by atoms with Crippen LogP contribution in [0.15, 0.2) is 36.5 Å². The zero-order valence-corrected chi connectivity index (χ0v) is 9.49. The van der Waals surface area contributed by atoms with Crippen molar-refractivity contribution in [3.8, 4) is 0 Å². The van der Waals surface area contributed by atoms with Crippen LogP contribution < -0.4 is 0 Å². The van der Waals surface area contributed by atoms with E-state index < -0.39 is 11.7 Å². The summed E-state index contributed by atoms with van der Waals surface area (Å²) in [6.45, 7) is 0. The smallest absolute Gasteiger partial charge is 0.328 e. The van der Waals surface area contributed by atoms with Crippen LogP contribution in [0.25, 0.3) is 21.9 Å². The number of hydrogen-bond acceptors (Lipinski definition) is 1. The van der Waals surface area contributed by atoms with Crippen molar-refractivity contribution in [2.75, 3.05) is 0 Å². The number of pyridine rings is 1. The molecule has 0 bridgehead atoms. The summed E-state index contributed by atoms with van der Waals surface area (Å²) in [4.78, 5) is 3.93. The molecular formula is C13H9F3N2. The second-order valence-corrected chi connectivity index (χ2v) is 4.17. The minimum Gasteiger partial charge on any atom is -0.328 e. The van der Waals surface area contributed by atoms with Crippen LogP contribution in [0.3, 0.4) is 0 Å². The Labute approximate surface area is 101 Å². The van der Waals surface area contributed by atoms with Crippen molar-refractivity contribution in [3.63, 3.8) is 0 Å². The van der Waals surface area contributed by atoms with Gasteiger partial charge in [-0.25, -0.2) is 4.98 Å². The molecule has 0 atom stereocenters. The average Bonchev–Trinajstić information content (AvgIpc) is 2.63. The molecule has 2 heterocycles. The predicted molar refractivity (Wildman–Crippen MR) is 63.2 cm³/mol. The minimum absolute atomic E-state index is 0.530. The summed E-state index contributed by atoms with van der Waals surface area (Å²) in [6.07, 6.45) is -3.49. The van der Waals surface area contributed by atoms with Crippen LogP contribution in [0.5, 0.6) is 0 Å². The lowest BCUT2D eigenvalue weighted by atomic mass is 10.1. The summed E-state index contributed by atoms with van der Waals surface area (Å²) in [5.74, 6) is 0. The number of para-hydroxylation sites is 1. The Bertz CT molecular complexity index is 741. The van der Waals surface area contributed by atoms with E-state index in [0.717, 1.165) is 23.2 Å². The zero-order chi connectivity index (χ0) is 12.9. The standard InChI is InChI=1S/C13H9F3N2/c1-18-11-5-3-2-4-9(11)10-6-8(13(14,15)16)7-17-12(10)18/h2-7H,1H3. The zero-order valence-electron chi connectivity index (χ0n) is 9.49. The Hall–Kier alpha value is -2.04. The van der Waals surface area contributed by atoms with Crippen LogP contribution in [0.1, 0.15) is 5.56 Å². The van der Waals surface area contributed by atoms with Crippen LogP contribution in [-0.2, 0) is 13.2 Å². The molecule has 0 amide bonds. The largest absolute Gasteiger partial charge is 0.417 e. The topological polar surface area (TPSA) is 17.8 Å². The third-order valence-electron chi connectivity index (χ3n) is 3.07. The Morgan fingerprint density at radius 2 is 1.83 bits per heavy atom. The molecule has 1 aromatic carbocycles. The molecule has 0 aliphatic rings. The molecule has 0 N–H and O–H groups in total. The van der Waals surface area contributed by atoms with Gasteiger partial charge in [0.25, 0.3) is 0 Å². The Kier molecular flexibility index (Phi) is 2.14. The van der Waals surface area contributed by atoms with E-state index in [0.29, 0.717) is 11.0 Å². The van der Waals surface area contributed by atoms with Crippen LogP contribution in [0.2, 0.25) is 0 Å². The number of benzene rings is 1. The summed E-state index contributed by atoms with van der Waals surface area (Å²) in [5, 5.41) is 1.32. The van der Waals surface area contributed by atoms with E-state index in [1.165, 1.54) is 0 Å². The molecule has 2 nitrogen and oxygen atoms in total. The predicted octanol–water partition coefficient (Wildman–Crippen LogP) is 3.75. The van der Waals surface area contributed by atoms with Crippen molar-refractivity contribution in [1.82, 2.24) is 9.55 Å². The number of rotatable bonds is 0. The molecule has 0 saturated carbocycles. The molecule has 0 unspecified atom stereocenters. The van der Waals surface area contributed by atoms with Crippen molar-refractivity contribution >= 4 is 21.9 Å². The highest BCUT2D eigenvalue weighted by Crippen LogP contribution is 2.33. The number of halogens is 3. The van der Waals surface area contributed by atoms with Gasteiger partial charge >= 0.3 is 6.18 Å². The summed E-state index contributed by atoms with van der Waals surface area (Å²) in [5.41, 5.74) is 0.717. The lowest BCUT2D eigenvalue weighted by molar-refractivity contribution is -0.137. The number of nitrogens with zero attached hydrogens (tertiary/aromatic N) is 2. The quantitative estimate of drug-likeness (QED) is 0.594. The highest BCUT2D eigenvalue weighted by atomic mass is 19.4. The van der Waals surface area contributed by atoms with Gasteiger partial charge in [-0.3, -0.25) is 0 Å². The van der Waals surface area contributed by atoms with Crippen LogP contribution >= 0.6 is 0 Å². The first-order valence-corrected chi connectivity index (χ1v) is 5.39. The first-order valence-electron chi connectivity index (χ1n) is 5.39. The highest BCUT2D eigenvalue weighted by molar-refractivity contribution is 6.06. The molecule has 0 aliphatic heterocycles. The fourth-order valence-corrected chi connectivity index (χ4v) is 2.19. The van der Waals surface area contributed by atoms with Gasteiger partial charge in [-0.1, -0.05) is 18.2 Å². The van der Waals surface area contributed by atoms with Gasteiger partial charge in [-0.15, -0.1) is 0 Å². The number of aromatic nitrogens is 2. The first-order chi connectivity index (χ1) is 8.48. The van der Waals surface area contributed by atoms with Crippen molar-refractivity contribution in [2.24, 2.45) is 7.05 Å². The number of alkyl halides is 3. The van der Waals surface area contributed by atoms with Gasteiger partial charge in [0.15, 0.2) is 0 Å². The summed E-state index contributed by atoms with van der Waals surface area (Å²) < 4.78 is 39.8. The Morgan fingerprint density at radius 1 is 1.11 bits per heavy atom. The molecule has 3 rings (SSSR count). The molecule has 2 aromatic heterocycles. The normalized spacial score (nSPS) is 12.4. The monoisotopic (exact) mass is 250 g/mol. The van der Waals surface area contributed by atoms with Crippen molar-refractivity contribution in [2.45, 2.75) is 6.18 Å². The van der Waals surface area contributed by atoms with Crippen molar-refractivity contribution in [1.29, 1.82) is 0 Å². The van der Waals surface area contributed by atoms with E-state index >= 15 is 0 Å². The molecule has 0 spiro atoms. The van der Waals surface area contributed by atoms with Crippen LogP contribution in [0, 0.1) is 0 Å². The molecule has 18 heavy (non-hydrogen) atoms. The third kappa shape index (κ3) is 1.47. The second kappa shape index (κ2) is 3.48. The van der Waals surface area contributed by atoms with E-state index in [2.05, 4.69) is 4.98 Å². The van der Waals surface area contributed by atoms with Crippen LogP contribution in [0.4, 0.5) is 13.2 Å². The molecule has 92 valence electrons. The summed E-state index contributed by atoms with van der Waals surface area (Å²) >= 11 is 0. The van der Waals surface area contributed by atoms with E-state index in [1.807, 2.05) is 18.2 Å². The lowest BCUT2D eigenvalue weighted by Crippen LogP contribution is -2.05. The first kappa shape index (κ1) is 11.1. The maximum atomic E-state index is 12.7. The van der Waals surface area contributed by atoms with Gasteiger partial charge in [0.1, 0.15) is 5.65 Å². The maximum absolute atomic E-state index is 12.7. The summed E-state index contributed by atoms with van der Waals surface area (Å²) in [6, 6.07) is 8.49. The average molecular weight is 250 g/mol. The molecule has 0 saturated heterocycles. The Balaban J connectivity index is 2.44. The van der Waals surface area contributed by atoms with Crippen molar-refractivity contribution in [3.05, 3.63) is 42.1 Å². The molecule has 0 aliphatic carbocycles. The SMILES string of the molecule is Cn1c2ccccc2c2cc(C(F)(F)F)cnc21. The van der Waals surface area contributed by atoms with Gasteiger partial charge in [0, 0.05) is 24.0 Å². The van der Waals surface area contributed by atoms with Crippen molar-refractivity contribution < 1.29 is 13.2 Å². The number of fused-ring (bicyclic) bond motifs is 3.